The summed E-state index contributed by atoms with van der Waals surface area (Å²) < 4.78 is 10.3. The number of esters is 1. The van der Waals surface area contributed by atoms with E-state index in [0.717, 1.165) is 35.4 Å². The number of Topliss-reactive ketones (excluding diaryl/α,β-unsaturated/α-hetero) is 1. The lowest BCUT2D eigenvalue weighted by Gasteiger charge is -2.33. The first-order valence-corrected chi connectivity index (χ1v) is 9.00. The number of ether oxygens (including phenoxy) is 2. The molecule has 1 aliphatic carbocycles. The molecule has 1 aliphatic heterocycles. The summed E-state index contributed by atoms with van der Waals surface area (Å²) in [7, 11) is 1.56. The molecule has 0 saturated heterocycles. The lowest BCUT2D eigenvalue weighted by molar-refractivity contribution is -0.140. The SMILES string of the molecule is COCCOC(=O)C1=C(C)NC2=C(C(=O)CCC2)[C@@H]1c1ccsc1. The van der Waals surface area contributed by atoms with Gasteiger partial charge in [0, 0.05) is 36.4 Å². The number of nitrogens with one attached hydrogen (secondary N) is 1. The fourth-order valence-corrected chi connectivity index (χ4v) is 4.01. The second-order valence-corrected chi connectivity index (χ2v) is 6.73. The van der Waals surface area contributed by atoms with Gasteiger partial charge in [0.05, 0.1) is 12.2 Å². The highest BCUT2D eigenvalue weighted by Gasteiger charge is 2.39. The number of dihydropyridines is 1. The van der Waals surface area contributed by atoms with Crippen molar-refractivity contribution in [3.8, 4) is 0 Å². The van der Waals surface area contributed by atoms with Crippen LogP contribution in [0.2, 0.25) is 0 Å². The van der Waals surface area contributed by atoms with Crippen LogP contribution in [0.3, 0.4) is 0 Å². The minimum atomic E-state index is -0.391. The van der Waals surface area contributed by atoms with Crippen LogP contribution in [0.5, 0.6) is 0 Å². The Hall–Kier alpha value is -1.92. The zero-order valence-electron chi connectivity index (χ0n) is 13.9. The van der Waals surface area contributed by atoms with Crippen LogP contribution in [0.4, 0.5) is 0 Å². The number of ketones is 1. The number of hydrogen-bond donors (Lipinski definition) is 1. The standard InChI is InChI=1S/C18H21NO4S/c1-11-15(18(21)23-8-7-22-2)16(12-6-9-24-10-12)17-13(19-11)4-3-5-14(17)20/h6,9-10,16,19H,3-5,7-8H2,1-2H3/t16-/m1/s1. The molecule has 1 aromatic rings. The second-order valence-electron chi connectivity index (χ2n) is 5.95. The van der Waals surface area contributed by atoms with Crippen LogP contribution in [-0.2, 0) is 19.1 Å². The summed E-state index contributed by atoms with van der Waals surface area (Å²) in [6, 6.07) is 1.98. The Labute approximate surface area is 145 Å². The lowest BCUT2D eigenvalue weighted by atomic mass is 9.76. The van der Waals surface area contributed by atoms with Crippen molar-refractivity contribution in [3.05, 3.63) is 44.9 Å². The van der Waals surface area contributed by atoms with Gasteiger partial charge in [-0.3, -0.25) is 4.79 Å². The first kappa shape index (κ1) is 16.9. The Kier molecular flexibility index (Phi) is 5.16. The molecule has 5 nitrogen and oxygen atoms in total. The zero-order valence-corrected chi connectivity index (χ0v) is 14.7. The van der Waals surface area contributed by atoms with Gasteiger partial charge in [-0.25, -0.2) is 4.79 Å². The molecule has 1 N–H and O–H groups in total. The third kappa shape index (κ3) is 3.16. The molecule has 6 heteroatoms. The van der Waals surface area contributed by atoms with E-state index in [4.69, 9.17) is 9.47 Å². The van der Waals surface area contributed by atoms with Gasteiger partial charge >= 0.3 is 5.97 Å². The quantitative estimate of drug-likeness (QED) is 0.655. The van der Waals surface area contributed by atoms with Crippen LogP contribution < -0.4 is 5.32 Å². The topological polar surface area (TPSA) is 64.6 Å². The number of carbonyl (C=O) groups excluding carboxylic acids is 2. The minimum Gasteiger partial charge on any atom is -0.460 e. The number of allylic oxidation sites excluding steroid dienone is 3. The molecular formula is C18H21NO4S. The van der Waals surface area contributed by atoms with E-state index in [1.54, 1.807) is 18.4 Å². The van der Waals surface area contributed by atoms with E-state index in [9.17, 15) is 9.59 Å². The normalized spacial score (nSPS) is 20.8. The van der Waals surface area contributed by atoms with Crippen molar-refractivity contribution in [1.29, 1.82) is 0 Å². The molecule has 2 heterocycles. The van der Waals surface area contributed by atoms with Crippen molar-refractivity contribution in [2.75, 3.05) is 20.3 Å². The summed E-state index contributed by atoms with van der Waals surface area (Å²) in [6.07, 6.45) is 2.22. The Morgan fingerprint density at radius 1 is 1.38 bits per heavy atom. The van der Waals surface area contributed by atoms with Crippen molar-refractivity contribution in [2.45, 2.75) is 32.1 Å². The Bertz CT molecular complexity index is 703. The molecule has 0 aromatic carbocycles. The maximum Gasteiger partial charge on any atom is 0.336 e. The number of carbonyl (C=O) groups is 2. The molecule has 24 heavy (non-hydrogen) atoms. The van der Waals surface area contributed by atoms with Gasteiger partial charge in [0.15, 0.2) is 5.78 Å². The Morgan fingerprint density at radius 2 is 2.21 bits per heavy atom. The summed E-state index contributed by atoms with van der Waals surface area (Å²) in [5.74, 6) is -0.608. The van der Waals surface area contributed by atoms with Crippen LogP contribution >= 0.6 is 11.3 Å². The Morgan fingerprint density at radius 3 is 2.92 bits per heavy atom. The van der Waals surface area contributed by atoms with Gasteiger partial charge in [-0.15, -0.1) is 0 Å². The lowest BCUT2D eigenvalue weighted by Crippen LogP contribution is -2.34. The van der Waals surface area contributed by atoms with Gasteiger partial charge in [0.25, 0.3) is 0 Å². The molecule has 3 rings (SSSR count). The summed E-state index contributed by atoms with van der Waals surface area (Å²) in [6.45, 7) is 2.42. The van der Waals surface area contributed by atoms with Crippen molar-refractivity contribution in [2.24, 2.45) is 0 Å². The molecular weight excluding hydrogens is 326 g/mol. The highest BCUT2D eigenvalue weighted by molar-refractivity contribution is 7.08. The van der Waals surface area contributed by atoms with Gasteiger partial charge in [-0.1, -0.05) is 0 Å². The van der Waals surface area contributed by atoms with Crippen molar-refractivity contribution in [1.82, 2.24) is 5.32 Å². The van der Waals surface area contributed by atoms with E-state index in [1.165, 1.54) is 0 Å². The third-order valence-corrected chi connectivity index (χ3v) is 5.09. The van der Waals surface area contributed by atoms with E-state index in [-0.39, 0.29) is 18.3 Å². The number of thiophene rings is 1. The van der Waals surface area contributed by atoms with E-state index in [2.05, 4.69) is 5.32 Å². The van der Waals surface area contributed by atoms with Crippen LogP contribution in [0.25, 0.3) is 0 Å². The van der Waals surface area contributed by atoms with E-state index in [0.29, 0.717) is 18.6 Å². The van der Waals surface area contributed by atoms with Crippen LogP contribution in [-0.4, -0.2) is 32.1 Å². The molecule has 0 unspecified atom stereocenters. The highest BCUT2D eigenvalue weighted by Crippen LogP contribution is 2.42. The largest absolute Gasteiger partial charge is 0.460 e. The summed E-state index contributed by atoms with van der Waals surface area (Å²) in [5, 5.41) is 7.24. The molecule has 0 amide bonds. The highest BCUT2D eigenvalue weighted by atomic mass is 32.1. The smallest absolute Gasteiger partial charge is 0.336 e. The van der Waals surface area contributed by atoms with E-state index < -0.39 is 5.97 Å². The first-order valence-electron chi connectivity index (χ1n) is 8.05. The minimum absolute atomic E-state index is 0.120. The van der Waals surface area contributed by atoms with Crippen LogP contribution in [0, 0.1) is 0 Å². The fourth-order valence-electron chi connectivity index (χ4n) is 3.32. The van der Waals surface area contributed by atoms with Gasteiger partial charge in [0.1, 0.15) is 6.61 Å². The molecule has 1 atom stereocenters. The van der Waals surface area contributed by atoms with Crippen LogP contribution in [0.1, 0.15) is 37.7 Å². The van der Waals surface area contributed by atoms with Gasteiger partial charge in [-0.2, -0.15) is 11.3 Å². The first-order chi connectivity index (χ1) is 11.6. The van der Waals surface area contributed by atoms with Crippen molar-refractivity contribution in [3.63, 3.8) is 0 Å². The molecule has 0 fully saturated rings. The summed E-state index contributed by atoms with van der Waals surface area (Å²) in [4.78, 5) is 25.2. The zero-order chi connectivity index (χ0) is 17.1. The molecule has 128 valence electrons. The van der Waals surface area contributed by atoms with E-state index in [1.807, 2.05) is 23.8 Å². The summed E-state index contributed by atoms with van der Waals surface area (Å²) in [5.41, 5.74) is 3.94. The van der Waals surface area contributed by atoms with E-state index >= 15 is 0 Å². The number of hydrogen-bond acceptors (Lipinski definition) is 6. The molecule has 1 aromatic heterocycles. The number of methoxy groups -OCH3 is 1. The Balaban J connectivity index is 1.99. The van der Waals surface area contributed by atoms with Gasteiger partial charge < -0.3 is 14.8 Å². The molecule has 0 bridgehead atoms. The fraction of sp³-hybridized carbons (Fsp3) is 0.444. The monoisotopic (exact) mass is 347 g/mol. The van der Waals surface area contributed by atoms with Crippen molar-refractivity contribution >= 4 is 23.1 Å². The van der Waals surface area contributed by atoms with Crippen molar-refractivity contribution < 1.29 is 19.1 Å². The van der Waals surface area contributed by atoms with Gasteiger partial charge in [0.2, 0.25) is 0 Å². The molecule has 0 saturated carbocycles. The maximum absolute atomic E-state index is 12.7. The third-order valence-electron chi connectivity index (χ3n) is 4.39. The predicted octanol–water partition coefficient (Wildman–Crippen LogP) is 2.91. The van der Waals surface area contributed by atoms with Gasteiger partial charge in [-0.05, 0) is 42.2 Å². The molecule has 0 spiro atoms. The average molecular weight is 347 g/mol. The average Bonchev–Trinajstić information content (AvgIpc) is 3.08. The second kappa shape index (κ2) is 7.32. The summed E-state index contributed by atoms with van der Waals surface area (Å²) >= 11 is 1.56. The van der Waals surface area contributed by atoms with Crippen LogP contribution in [0.15, 0.2) is 39.4 Å². The maximum atomic E-state index is 12.7. The predicted molar refractivity (Wildman–Crippen MR) is 91.6 cm³/mol. The molecule has 2 aliphatic rings. The molecule has 0 radical (unpaired) electrons. The number of rotatable bonds is 5.